The molecule has 0 amide bonds. The molecule has 0 spiro atoms. The fraction of sp³-hybridized carbons (Fsp3) is 0.404. The van der Waals surface area contributed by atoms with Gasteiger partial charge in [0.2, 0.25) is 0 Å². The summed E-state index contributed by atoms with van der Waals surface area (Å²) in [6.07, 6.45) is 35.8. The topological polar surface area (TPSA) is 12.0 Å². The zero-order valence-electron chi connectivity index (χ0n) is 33.6. The molecule has 0 saturated carbocycles. The second kappa shape index (κ2) is 19.8. The van der Waals surface area contributed by atoms with E-state index in [4.69, 9.17) is 0 Å². The monoisotopic (exact) mass is 704 g/mol. The standard InChI is InChI=1S/C52H65N/c1-8-12-26-43(42(10-3)33-34-47-38-52(6,7)49(11-4)36-46(47)21-9-2)29-19-24-40-25-20-30-44(32-31-40)50-37-48(35-41-22-15-13-16-23-41)39(5)51(53-50)45-27-17-14-18-28-45/h8,10,13-20,22-23,26-30,33-34,37-40,44,50-51,53H,1,9,11-12,21,24-25,31-32,35H2,2-7H3/b29-19-,34-33-,42-10+,43-26+/t39-,40?,44?,50?,51?/m0/s1. The van der Waals surface area contributed by atoms with E-state index in [1.54, 1.807) is 5.57 Å². The highest BCUT2D eigenvalue weighted by Crippen LogP contribution is 2.39. The minimum absolute atomic E-state index is 0.0329. The average molecular weight is 704 g/mol. The van der Waals surface area contributed by atoms with Crippen LogP contribution in [0.5, 0.6) is 0 Å². The van der Waals surface area contributed by atoms with Crippen LogP contribution in [0.2, 0.25) is 0 Å². The van der Waals surface area contributed by atoms with E-state index < -0.39 is 0 Å². The van der Waals surface area contributed by atoms with Gasteiger partial charge in [-0.15, -0.1) is 12.3 Å². The maximum absolute atomic E-state index is 4.12. The van der Waals surface area contributed by atoms with Crippen molar-refractivity contribution in [2.24, 2.45) is 23.2 Å². The molecule has 1 N–H and O–H groups in total. The summed E-state index contributed by atoms with van der Waals surface area (Å²) in [5.41, 5.74) is 14.8. The van der Waals surface area contributed by atoms with E-state index in [0.717, 1.165) is 44.9 Å². The lowest BCUT2D eigenvalue weighted by Crippen LogP contribution is -2.43. The molecule has 2 aliphatic carbocycles. The van der Waals surface area contributed by atoms with Gasteiger partial charge in [-0.25, -0.2) is 0 Å². The molecule has 0 aromatic heterocycles. The Morgan fingerprint density at radius 1 is 0.981 bits per heavy atom. The third-order valence-electron chi connectivity index (χ3n) is 11.6. The van der Waals surface area contributed by atoms with Gasteiger partial charge in [0.15, 0.2) is 0 Å². The van der Waals surface area contributed by atoms with Crippen molar-refractivity contribution in [3.63, 3.8) is 0 Å². The van der Waals surface area contributed by atoms with Gasteiger partial charge in [0.25, 0.3) is 0 Å². The molecule has 2 aromatic carbocycles. The van der Waals surface area contributed by atoms with Crippen LogP contribution in [0.15, 0.2) is 173 Å². The van der Waals surface area contributed by atoms with Crippen molar-refractivity contribution in [3.05, 3.63) is 184 Å². The Bertz CT molecular complexity index is 1790. The van der Waals surface area contributed by atoms with Crippen LogP contribution in [0.3, 0.4) is 0 Å². The highest BCUT2D eigenvalue weighted by atomic mass is 15.0. The van der Waals surface area contributed by atoms with E-state index in [-0.39, 0.29) is 5.41 Å². The molecule has 3 aliphatic rings. The Hall–Kier alpha value is -4.16. The highest BCUT2D eigenvalue weighted by molar-refractivity contribution is 5.52. The Kier molecular flexibility index (Phi) is 14.9. The first-order valence-electron chi connectivity index (χ1n) is 20.5. The summed E-state index contributed by atoms with van der Waals surface area (Å²) in [4.78, 5) is 0. The summed E-state index contributed by atoms with van der Waals surface area (Å²) >= 11 is 0. The molecule has 278 valence electrons. The van der Waals surface area contributed by atoms with Crippen LogP contribution in [0.25, 0.3) is 0 Å². The summed E-state index contributed by atoms with van der Waals surface area (Å²) in [5, 5.41) is 4.12. The zero-order chi connectivity index (χ0) is 37.6. The SMILES string of the molecule is C=CC/C=C(\C=C/CC1CC=CC(C2C=C(Cc3ccccc3)[C@H](C)C(c3ccccc3)N2)CC1)C(/C=C\C1=CC(C)(C)C(CC)=C=C1CCC)=C/C. The fourth-order valence-corrected chi connectivity index (χ4v) is 8.49. The maximum atomic E-state index is 4.12. The minimum Gasteiger partial charge on any atom is -0.303 e. The van der Waals surface area contributed by atoms with Gasteiger partial charge in [-0.1, -0.05) is 174 Å². The Morgan fingerprint density at radius 2 is 1.74 bits per heavy atom. The van der Waals surface area contributed by atoms with Gasteiger partial charge in [-0.2, -0.15) is 0 Å². The van der Waals surface area contributed by atoms with Gasteiger partial charge in [0.05, 0.1) is 0 Å². The summed E-state index contributed by atoms with van der Waals surface area (Å²) in [6, 6.07) is 22.7. The van der Waals surface area contributed by atoms with E-state index >= 15 is 0 Å². The molecule has 5 atom stereocenters. The lowest BCUT2D eigenvalue weighted by atomic mass is 9.76. The average Bonchev–Trinajstić information content (AvgIpc) is 3.42. The lowest BCUT2D eigenvalue weighted by molar-refractivity contribution is 0.313. The van der Waals surface area contributed by atoms with Gasteiger partial charge in [-0.3, -0.25) is 0 Å². The molecule has 1 aliphatic heterocycles. The van der Waals surface area contributed by atoms with E-state index in [9.17, 15) is 0 Å². The third kappa shape index (κ3) is 10.9. The van der Waals surface area contributed by atoms with Crippen molar-refractivity contribution in [1.29, 1.82) is 0 Å². The number of hydrogen-bond acceptors (Lipinski definition) is 1. The van der Waals surface area contributed by atoms with Crippen LogP contribution in [-0.2, 0) is 6.42 Å². The molecule has 5 rings (SSSR count). The van der Waals surface area contributed by atoms with Crippen molar-refractivity contribution in [2.45, 2.75) is 111 Å². The summed E-state index contributed by atoms with van der Waals surface area (Å²) < 4.78 is 0. The van der Waals surface area contributed by atoms with Crippen molar-refractivity contribution in [1.82, 2.24) is 5.32 Å². The van der Waals surface area contributed by atoms with Crippen LogP contribution in [0.1, 0.15) is 110 Å². The van der Waals surface area contributed by atoms with Crippen molar-refractivity contribution in [3.8, 4) is 0 Å². The molecule has 0 fully saturated rings. The van der Waals surface area contributed by atoms with Crippen LogP contribution in [0, 0.1) is 23.2 Å². The van der Waals surface area contributed by atoms with E-state index in [1.165, 1.54) is 51.8 Å². The van der Waals surface area contributed by atoms with Gasteiger partial charge in [0.1, 0.15) is 0 Å². The van der Waals surface area contributed by atoms with Crippen LogP contribution >= 0.6 is 0 Å². The van der Waals surface area contributed by atoms with Gasteiger partial charge >= 0.3 is 0 Å². The molecular weight excluding hydrogens is 639 g/mol. The largest absolute Gasteiger partial charge is 0.303 e. The maximum Gasteiger partial charge on any atom is 0.0388 e. The van der Waals surface area contributed by atoms with Crippen LogP contribution < -0.4 is 5.32 Å². The number of nitrogens with one attached hydrogen (secondary N) is 1. The molecule has 0 bridgehead atoms. The third-order valence-corrected chi connectivity index (χ3v) is 11.6. The molecule has 53 heavy (non-hydrogen) atoms. The second-order valence-electron chi connectivity index (χ2n) is 16.0. The summed E-state index contributed by atoms with van der Waals surface area (Å²) in [6.45, 7) is 17.7. The Labute approximate surface area is 323 Å². The number of allylic oxidation sites excluding steroid dienone is 13. The number of hydrogen-bond donors (Lipinski definition) is 1. The second-order valence-corrected chi connectivity index (χ2v) is 16.0. The van der Waals surface area contributed by atoms with E-state index in [0.29, 0.717) is 29.8 Å². The first-order chi connectivity index (χ1) is 25.8. The predicted molar refractivity (Wildman–Crippen MR) is 231 cm³/mol. The summed E-state index contributed by atoms with van der Waals surface area (Å²) in [7, 11) is 0. The predicted octanol–water partition coefficient (Wildman–Crippen LogP) is 14.1. The van der Waals surface area contributed by atoms with Gasteiger partial charge < -0.3 is 5.32 Å². The normalized spacial score (nSPS) is 25.1. The quantitative estimate of drug-likeness (QED) is 0.111. The van der Waals surface area contributed by atoms with Crippen molar-refractivity contribution < 1.29 is 0 Å². The van der Waals surface area contributed by atoms with Crippen molar-refractivity contribution in [2.75, 3.05) is 0 Å². The summed E-state index contributed by atoms with van der Waals surface area (Å²) in [5.74, 6) is 1.58. The van der Waals surface area contributed by atoms with Crippen LogP contribution in [-0.4, -0.2) is 6.04 Å². The Balaban J connectivity index is 1.27. The first kappa shape index (κ1) is 40.0. The number of benzene rings is 2. The van der Waals surface area contributed by atoms with Gasteiger partial charge in [0, 0.05) is 23.1 Å². The molecule has 4 unspecified atom stereocenters. The smallest absolute Gasteiger partial charge is 0.0388 e. The van der Waals surface area contributed by atoms with E-state index in [2.05, 4.69) is 181 Å². The van der Waals surface area contributed by atoms with Crippen molar-refractivity contribution >= 4 is 0 Å². The van der Waals surface area contributed by atoms with Gasteiger partial charge in [-0.05, 0) is 109 Å². The molecule has 0 saturated heterocycles. The molecular formula is C52H65N. The van der Waals surface area contributed by atoms with E-state index in [1.807, 2.05) is 6.08 Å². The minimum atomic E-state index is 0.0329. The fourth-order valence-electron chi connectivity index (χ4n) is 8.49. The lowest BCUT2D eigenvalue weighted by Gasteiger charge is -2.39. The highest BCUT2D eigenvalue weighted by Gasteiger charge is 2.33. The first-order valence-corrected chi connectivity index (χ1v) is 20.5. The molecule has 0 radical (unpaired) electrons. The number of rotatable bonds is 15. The Morgan fingerprint density at radius 3 is 2.43 bits per heavy atom. The molecule has 1 nitrogen and oxygen atoms in total. The van der Waals surface area contributed by atoms with Crippen LogP contribution in [0.4, 0.5) is 0 Å². The molecule has 2 aromatic rings. The molecule has 1 heterocycles. The zero-order valence-corrected chi connectivity index (χ0v) is 33.6. The molecule has 1 heteroatoms.